The molecule has 0 aliphatic carbocycles. The second kappa shape index (κ2) is 7.66. The molecule has 1 aromatic carbocycles. The van der Waals surface area contributed by atoms with E-state index in [1.165, 1.54) is 11.8 Å². The molecule has 0 unspecified atom stereocenters. The number of nitrogens with one attached hydrogen (secondary N) is 1. The molecule has 0 saturated heterocycles. The Bertz CT molecular complexity index is 622. The van der Waals surface area contributed by atoms with E-state index in [0.29, 0.717) is 11.0 Å². The molecule has 1 aromatic heterocycles. The molecule has 0 fully saturated rings. The topological polar surface area (TPSA) is 47.0 Å². The average molecular weight is 368 g/mol. The van der Waals surface area contributed by atoms with E-state index < -0.39 is 0 Å². The predicted molar refractivity (Wildman–Crippen MR) is 91.5 cm³/mol. The maximum Gasteiger partial charge on any atom is 0.225 e. The molecular weight excluding hydrogens is 350 g/mol. The summed E-state index contributed by atoms with van der Waals surface area (Å²) in [6.07, 6.45) is 2.99. The molecule has 0 saturated carbocycles. The van der Waals surface area contributed by atoms with E-state index in [2.05, 4.69) is 38.1 Å². The zero-order chi connectivity index (χ0) is 15.2. The Morgan fingerprint density at radius 3 is 2.81 bits per heavy atom. The van der Waals surface area contributed by atoms with Gasteiger partial charge in [-0.3, -0.25) is 0 Å². The Kier molecular flexibility index (Phi) is 5.87. The van der Waals surface area contributed by atoms with Crippen molar-refractivity contribution in [2.45, 2.75) is 25.4 Å². The van der Waals surface area contributed by atoms with Crippen molar-refractivity contribution in [2.24, 2.45) is 0 Å². The van der Waals surface area contributed by atoms with Gasteiger partial charge in [-0.2, -0.15) is 4.98 Å². The van der Waals surface area contributed by atoms with Gasteiger partial charge in [0.05, 0.1) is 0 Å². The summed E-state index contributed by atoms with van der Waals surface area (Å²) in [4.78, 5) is 8.82. The van der Waals surface area contributed by atoms with Gasteiger partial charge in [0.1, 0.15) is 11.6 Å². The molecule has 112 valence electrons. The number of ether oxygens (including phenoxy) is 1. The third-order valence-corrected chi connectivity index (χ3v) is 3.83. The third-order valence-electron chi connectivity index (χ3n) is 2.79. The van der Waals surface area contributed by atoms with Gasteiger partial charge in [0, 0.05) is 17.1 Å². The Labute approximate surface area is 137 Å². The van der Waals surface area contributed by atoms with Crippen molar-refractivity contribution in [3.63, 3.8) is 0 Å². The number of anilines is 1. The molecule has 0 aliphatic heterocycles. The summed E-state index contributed by atoms with van der Waals surface area (Å²) < 4.78 is 6.90. The Morgan fingerprint density at radius 1 is 1.29 bits per heavy atom. The Hall–Kier alpha value is -1.27. The zero-order valence-electron chi connectivity index (χ0n) is 12.3. The molecule has 0 bridgehead atoms. The SMILES string of the molecule is CCCNc1cc(Oc2cc(Br)ccc2C)nc(SC)n1. The van der Waals surface area contributed by atoms with Crippen molar-refractivity contribution in [1.82, 2.24) is 9.97 Å². The van der Waals surface area contributed by atoms with E-state index in [4.69, 9.17) is 4.74 Å². The molecule has 1 heterocycles. The molecule has 2 rings (SSSR count). The normalized spacial score (nSPS) is 10.5. The molecule has 2 aromatic rings. The number of benzene rings is 1. The number of hydrogen-bond acceptors (Lipinski definition) is 5. The summed E-state index contributed by atoms with van der Waals surface area (Å²) in [7, 11) is 0. The van der Waals surface area contributed by atoms with E-state index in [0.717, 1.165) is 34.6 Å². The summed E-state index contributed by atoms with van der Waals surface area (Å²) >= 11 is 4.95. The standard InChI is InChI=1S/C15H18BrN3OS/c1-4-7-17-13-9-14(19-15(18-13)21-3)20-12-8-11(16)6-5-10(12)2/h5-6,8-9H,4,7H2,1-3H3,(H,17,18,19). The van der Waals surface area contributed by atoms with Gasteiger partial charge in [-0.25, -0.2) is 4.98 Å². The van der Waals surface area contributed by atoms with Gasteiger partial charge in [-0.1, -0.05) is 40.7 Å². The number of halogens is 1. The van der Waals surface area contributed by atoms with Crippen LogP contribution < -0.4 is 10.1 Å². The highest BCUT2D eigenvalue weighted by Crippen LogP contribution is 2.29. The molecule has 0 spiro atoms. The van der Waals surface area contributed by atoms with Crippen LogP contribution in [0.5, 0.6) is 11.6 Å². The van der Waals surface area contributed by atoms with Crippen molar-refractivity contribution in [3.8, 4) is 11.6 Å². The molecule has 21 heavy (non-hydrogen) atoms. The molecule has 0 atom stereocenters. The molecule has 1 N–H and O–H groups in total. The number of aromatic nitrogens is 2. The fourth-order valence-electron chi connectivity index (χ4n) is 1.69. The lowest BCUT2D eigenvalue weighted by Gasteiger charge is -2.11. The van der Waals surface area contributed by atoms with Gasteiger partial charge in [0.15, 0.2) is 5.16 Å². The van der Waals surface area contributed by atoms with Crippen molar-refractivity contribution >= 4 is 33.5 Å². The van der Waals surface area contributed by atoms with Gasteiger partial charge in [0.2, 0.25) is 5.88 Å². The van der Waals surface area contributed by atoms with Gasteiger partial charge in [-0.15, -0.1) is 0 Å². The van der Waals surface area contributed by atoms with E-state index >= 15 is 0 Å². The van der Waals surface area contributed by atoms with E-state index in [-0.39, 0.29) is 0 Å². The number of aryl methyl sites for hydroxylation is 1. The molecular formula is C15H18BrN3OS. The summed E-state index contributed by atoms with van der Waals surface area (Å²) in [6, 6.07) is 7.77. The minimum atomic E-state index is 0.550. The van der Waals surface area contributed by atoms with Crippen LogP contribution in [0, 0.1) is 6.92 Å². The first-order valence-corrected chi connectivity index (χ1v) is 8.75. The summed E-state index contributed by atoms with van der Waals surface area (Å²) in [5.41, 5.74) is 1.06. The first-order chi connectivity index (χ1) is 10.1. The lowest BCUT2D eigenvalue weighted by atomic mass is 10.2. The fourth-order valence-corrected chi connectivity index (χ4v) is 2.40. The number of thioether (sulfide) groups is 1. The van der Waals surface area contributed by atoms with E-state index in [9.17, 15) is 0 Å². The third kappa shape index (κ3) is 4.61. The van der Waals surface area contributed by atoms with Crippen molar-refractivity contribution in [3.05, 3.63) is 34.3 Å². The maximum atomic E-state index is 5.92. The first kappa shape index (κ1) is 16.1. The second-order valence-corrected chi connectivity index (χ2v) is 6.21. The van der Waals surface area contributed by atoms with Crippen LogP contribution in [0.3, 0.4) is 0 Å². The largest absolute Gasteiger partial charge is 0.438 e. The smallest absolute Gasteiger partial charge is 0.225 e. The molecule has 4 nitrogen and oxygen atoms in total. The van der Waals surface area contributed by atoms with Gasteiger partial charge < -0.3 is 10.1 Å². The summed E-state index contributed by atoms with van der Waals surface area (Å²) in [6.45, 7) is 5.00. The Morgan fingerprint density at radius 2 is 2.10 bits per heavy atom. The number of hydrogen-bond donors (Lipinski definition) is 1. The van der Waals surface area contributed by atoms with Crippen LogP contribution in [-0.4, -0.2) is 22.8 Å². The molecule has 0 amide bonds. The molecule has 6 heteroatoms. The van der Waals surface area contributed by atoms with Crippen LogP contribution in [-0.2, 0) is 0 Å². The molecule has 0 radical (unpaired) electrons. The van der Waals surface area contributed by atoms with Crippen molar-refractivity contribution in [2.75, 3.05) is 18.1 Å². The number of rotatable bonds is 6. The van der Waals surface area contributed by atoms with Gasteiger partial charge in [0.25, 0.3) is 0 Å². The quantitative estimate of drug-likeness (QED) is 0.581. The van der Waals surface area contributed by atoms with Crippen LogP contribution in [0.4, 0.5) is 5.82 Å². The van der Waals surface area contributed by atoms with Gasteiger partial charge >= 0.3 is 0 Å². The monoisotopic (exact) mass is 367 g/mol. The number of nitrogens with zero attached hydrogens (tertiary/aromatic N) is 2. The minimum absolute atomic E-state index is 0.550. The zero-order valence-corrected chi connectivity index (χ0v) is 14.7. The maximum absolute atomic E-state index is 5.92. The van der Waals surface area contributed by atoms with Crippen LogP contribution in [0.25, 0.3) is 0 Å². The lowest BCUT2D eigenvalue weighted by molar-refractivity contribution is 0.452. The summed E-state index contributed by atoms with van der Waals surface area (Å²) in [5, 5.41) is 3.96. The fraction of sp³-hybridized carbons (Fsp3) is 0.333. The lowest BCUT2D eigenvalue weighted by Crippen LogP contribution is -2.04. The highest BCUT2D eigenvalue weighted by Gasteiger charge is 2.08. The van der Waals surface area contributed by atoms with Crippen LogP contribution in [0.15, 0.2) is 33.9 Å². The minimum Gasteiger partial charge on any atom is -0.438 e. The van der Waals surface area contributed by atoms with Crippen LogP contribution in [0.2, 0.25) is 0 Å². The average Bonchev–Trinajstić information content (AvgIpc) is 2.48. The predicted octanol–water partition coefficient (Wildman–Crippen LogP) is 4.88. The van der Waals surface area contributed by atoms with Crippen molar-refractivity contribution in [1.29, 1.82) is 0 Å². The molecule has 0 aliphatic rings. The second-order valence-electron chi connectivity index (χ2n) is 4.52. The van der Waals surface area contributed by atoms with E-state index in [1.807, 2.05) is 37.4 Å². The van der Waals surface area contributed by atoms with Crippen LogP contribution >= 0.6 is 27.7 Å². The van der Waals surface area contributed by atoms with E-state index in [1.54, 1.807) is 0 Å². The van der Waals surface area contributed by atoms with Crippen molar-refractivity contribution < 1.29 is 4.74 Å². The Balaban J connectivity index is 2.27. The van der Waals surface area contributed by atoms with Crippen LogP contribution in [0.1, 0.15) is 18.9 Å². The highest BCUT2D eigenvalue weighted by molar-refractivity contribution is 9.10. The summed E-state index contributed by atoms with van der Waals surface area (Å²) in [5.74, 6) is 2.13. The van der Waals surface area contributed by atoms with Gasteiger partial charge in [-0.05, 0) is 37.3 Å². The first-order valence-electron chi connectivity index (χ1n) is 6.73. The highest BCUT2D eigenvalue weighted by atomic mass is 79.9.